The van der Waals surface area contributed by atoms with Gasteiger partial charge in [-0.25, -0.2) is 9.07 Å². The molecule has 2 aromatic rings. The van der Waals surface area contributed by atoms with Gasteiger partial charge in [0, 0.05) is 19.3 Å². The fourth-order valence-corrected chi connectivity index (χ4v) is 3.06. The topological polar surface area (TPSA) is 75.4 Å². The predicted octanol–water partition coefficient (Wildman–Crippen LogP) is 2.11. The summed E-state index contributed by atoms with van der Waals surface area (Å²) in [5.41, 5.74) is 1.64. The third kappa shape index (κ3) is 2.89. The Bertz CT molecular complexity index is 802. The molecule has 0 bridgehead atoms. The van der Waals surface area contributed by atoms with E-state index in [4.69, 9.17) is 0 Å². The first-order valence-corrected chi connectivity index (χ1v) is 7.71. The SMILES string of the molecule is Cc1cc(F)ccc1-n1ccc(C(=O)N2C[C@@H](C)[C@H](C(=O)O)C2)n1. The molecule has 1 aromatic heterocycles. The van der Waals surface area contributed by atoms with Crippen LogP contribution in [-0.4, -0.2) is 44.8 Å². The standard InChI is InChI=1S/C17H18FN3O3/c1-10-7-12(18)3-4-15(10)21-6-5-14(19-21)16(22)20-8-11(2)13(9-20)17(23)24/h3-7,11,13H,8-9H2,1-2H3,(H,23,24)/t11-,13-/m1/s1. The van der Waals surface area contributed by atoms with Gasteiger partial charge in [-0.2, -0.15) is 5.10 Å². The smallest absolute Gasteiger partial charge is 0.308 e. The number of rotatable bonds is 3. The number of aromatic nitrogens is 2. The van der Waals surface area contributed by atoms with Gasteiger partial charge in [0.1, 0.15) is 5.82 Å². The molecule has 3 rings (SSSR count). The lowest BCUT2D eigenvalue weighted by molar-refractivity contribution is -0.142. The Balaban J connectivity index is 1.81. The molecule has 0 unspecified atom stereocenters. The van der Waals surface area contributed by atoms with Crippen molar-refractivity contribution >= 4 is 11.9 Å². The second-order valence-electron chi connectivity index (χ2n) is 6.21. The molecule has 1 aliphatic heterocycles. The summed E-state index contributed by atoms with van der Waals surface area (Å²) in [6, 6.07) is 5.93. The largest absolute Gasteiger partial charge is 0.481 e. The summed E-state index contributed by atoms with van der Waals surface area (Å²) in [4.78, 5) is 25.2. The summed E-state index contributed by atoms with van der Waals surface area (Å²) in [6.45, 7) is 4.18. The highest BCUT2D eigenvalue weighted by Crippen LogP contribution is 2.24. The molecule has 1 amide bonds. The lowest BCUT2D eigenvalue weighted by Gasteiger charge is -2.14. The average molecular weight is 331 g/mol. The lowest BCUT2D eigenvalue weighted by atomic mass is 9.99. The molecule has 0 spiro atoms. The van der Waals surface area contributed by atoms with Gasteiger partial charge in [-0.15, -0.1) is 0 Å². The maximum atomic E-state index is 13.2. The summed E-state index contributed by atoms with van der Waals surface area (Å²) in [6.07, 6.45) is 1.64. The van der Waals surface area contributed by atoms with Crippen molar-refractivity contribution in [2.24, 2.45) is 11.8 Å². The highest BCUT2D eigenvalue weighted by Gasteiger charge is 2.37. The van der Waals surface area contributed by atoms with E-state index in [9.17, 15) is 19.1 Å². The van der Waals surface area contributed by atoms with Gasteiger partial charge in [0.15, 0.2) is 5.69 Å². The minimum Gasteiger partial charge on any atom is -0.481 e. The molecule has 0 aliphatic carbocycles. The summed E-state index contributed by atoms with van der Waals surface area (Å²) in [5.74, 6) is -2.14. The van der Waals surface area contributed by atoms with Crippen molar-refractivity contribution in [3.8, 4) is 5.69 Å². The molecule has 1 aromatic carbocycles. The maximum Gasteiger partial charge on any atom is 0.308 e. The van der Waals surface area contributed by atoms with E-state index in [1.807, 2.05) is 6.92 Å². The molecule has 7 heteroatoms. The molecule has 1 N–H and O–H groups in total. The van der Waals surface area contributed by atoms with Crippen molar-refractivity contribution in [2.45, 2.75) is 13.8 Å². The van der Waals surface area contributed by atoms with Crippen LogP contribution in [0.15, 0.2) is 30.5 Å². The lowest BCUT2D eigenvalue weighted by Crippen LogP contribution is -2.30. The van der Waals surface area contributed by atoms with Crippen molar-refractivity contribution in [3.63, 3.8) is 0 Å². The molecule has 1 aliphatic rings. The van der Waals surface area contributed by atoms with Gasteiger partial charge < -0.3 is 10.0 Å². The number of aliphatic carboxylic acids is 1. The number of carboxylic acids is 1. The van der Waals surface area contributed by atoms with Crippen LogP contribution in [0.4, 0.5) is 4.39 Å². The first kappa shape index (κ1) is 16.2. The number of benzene rings is 1. The third-order valence-electron chi connectivity index (χ3n) is 4.43. The van der Waals surface area contributed by atoms with E-state index in [1.165, 1.54) is 21.7 Å². The first-order chi connectivity index (χ1) is 11.4. The quantitative estimate of drug-likeness (QED) is 0.935. The molecular formula is C17H18FN3O3. The van der Waals surface area contributed by atoms with Crippen molar-refractivity contribution in [3.05, 3.63) is 47.5 Å². The number of aryl methyl sites for hydroxylation is 1. The Morgan fingerprint density at radius 1 is 1.29 bits per heavy atom. The van der Waals surface area contributed by atoms with Crippen LogP contribution in [0.1, 0.15) is 23.0 Å². The number of amides is 1. The molecule has 2 heterocycles. The fraction of sp³-hybridized carbons (Fsp3) is 0.353. The highest BCUT2D eigenvalue weighted by atomic mass is 19.1. The van der Waals surface area contributed by atoms with Crippen molar-refractivity contribution in [2.75, 3.05) is 13.1 Å². The molecule has 24 heavy (non-hydrogen) atoms. The van der Waals surface area contributed by atoms with Gasteiger partial charge in [-0.3, -0.25) is 9.59 Å². The molecule has 2 atom stereocenters. The number of halogens is 1. The Labute approximate surface area is 138 Å². The number of hydrogen-bond acceptors (Lipinski definition) is 3. The number of carboxylic acid groups (broad SMARTS) is 1. The zero-order valence-electron chi connectivity index (χ0n) is 13.4. The Morgan fingerprint density at radius 3 is 2.67 bits per heavy atom. The van der Waals surface area contributed by atoms with E-state index >= 15 is 0 Å². The predicted molar refractivity (Wildman–Crippen MR) is 84.5 cm³/mol. The highest BCUT2D eigenvalue weighted by molar-refractivity contribution is 5.93. The van der Waals surface area contributed by atoms with Gasteiger partial charge in [0.25, 0.3) is 5.91 Å². The van der Waals surface area contributed by atoms with Gasteiger partial charge in [0.05, 0.1) is 11.6 Å². The van der Waals surface area contributed by atoms with E-state index in [1.54, 1.807) is 25.3 Å². The van der Waals surface area contributed by atoms with Gasteiger partial charge in [-0.1, -0.05) is 6.92 Å². The van der Waals surface area contributed by atoms with Gasteiger partial charge in [-0.05, 0) is 42.7 Å². The summed E-state index contributed by atoms with van der Waals surface area (Å²) in [7, 11) is 0. The van der Waals surface area contributed by atoms with E-state index in [2.05, 4.69) is 5.10 Å². The Morgan fingerprint density at radius 2 is 2.04 bits per heavy atom. The second-order valence-corrected chi connectivity index (χ2v) is 6.21. The summed E-state index contributed by atoms with van der Waals surface area (Å²) >= 11 is 0. The van der Waals surface area contributed by atoms with Crippen LogP contribution in [0.25, 0.3) is 5.69 Å². The summed E-state index contributed by atoms with van der Waals surface area (Å²) in [5, 5.41) is 13.4. The van der Waals surface area contributed by atoms with E-state index < -0.39 is 11.9 Å². The van der Waals surface area contributed by atoms with Crippen LogP contribution in [0, 0.1) is 24.6 Å². The maximum absolute atomic E-state index is 13.2. The number of carbonyl (C=O) groups is 2. The third-order valence-corrected chi connectivity index (χ3v) is 4.43. The van der Waals surface area contributed by atoms with E-state index in [0.29, 0.717) is 17.8 Å². The number of nitrogens with zero attached hydrogens (tertiary/aromatic N) is 3. The minimum absolute atomic E-state index is 0.0899. The molecule has 1 fully saturated rings. The van der Waals surface area contributed by atoms with Crippen LogP contribution >= 0.6 is 0 Å². The Hall–Kier alpha value is -2.70. The van der Waals surface area contributed by atoms with Crippen LogP contribution in [0.3, 0.4) is 0 Å². The van der Waals surface area contributed by atoms with Crippen LogP contribution < -0.4 is 0 Å². The number of likely N-dealkylation sites (tertiary alicyclic amines) is 1. The van der Waals surface area contributed by atoms with E-state index in [-0.39, 0.29) is 29.9 Å². The van der Waals surface area contributed by atoms with Crippen molar-refractivity contribution < 1.29 is 19.1 Å². The minimum atomic E-state index is -0.884. The Kier molecular flexibility index (Phi) is 4.09. The average Bonchev–Trinajstić information content (AvgIpc) is 3.13. The van der Waals surface area contributed by atoms with Crippen LogP contribution in [-0.2, 0) is 4.79 Å². The van der Waals surface area contributed by atoms with Crippen LogP contribution in [0.5, 0.6) is 0 Å². The van der Waals surface area contributed by atoms with Crippen LogP contribution in [0.2, 0.25) is 0 Å². The van der Waals surface area contributed by atoms with Crippen molar-refractivity contribution in [1.29, 1.82) is 0 Å². The number of hydrogen-bond donors (Lipinski definition) is 1. The fourth-order valence-electron chi connectivity index (χ4n) is 3.06. The zero-order valence-corrected chi connectivity index (χ0v) is 13.4. The molecular weight excluding hydrogens is 313 g/mol. The molecule has 0 radical (unpaired) electrons. The van der Waals surface area contributed by atoms with Crippen molar-refractivity contribution in [1.82, 2.24) is 14.7 Å². The molecule has 0 saturated carbocycles. The number of carbonyl (C=O) groups excluding carboxylic acids is 1. The molecule has 126 valence electrons. The monoisotopic (exact) mass is 331 g/mol. The molecule has 6 nitrogen and oxygen atoms in total. The molecule has 1 saturated heterocycles. The van der Waals surface area contributed by atoms with Gasteiger partial charge in [0.2, 0.25) is 0 Å². The second kappa shape index (κ2) is 6.07. The van der Waals surface area contributed by atoms with E-state index in [0.717, 1.165) is 0 Å². The van der Waals surface area contributed by atoms with Gasteiger partial charge >= 0.3 is 5.97 Å². The first-order valence-electron chi connectivity index (χ1n) is 7.71. The normalized spacial score (nSPS) is 20.4. The summed E-state index contributed by atoms with van der Waals surface area (Å²) < 4.78 is 14.7. The zero-order chi connectivity index (χ0) is 17.4.